The number of benzene rings is 1. The van der Waals surface area contributed by atoms with Gasteiger partial charge in [0.1, 0.15) is 5.01 Å². The molecule has 0 saturated carbocycles. The van der Waals surface area contributed by atoms with Gasteiger partial charge in [0.05, 0.1) is 12.1 Å². The molecule has 0 aliphatic heterocycles. The molecule has 1 heterocycles. The lowest BCUT2D eigenvalue weighted by atomic mass is 10.2. The highest BCUT2D eigenvalue weighted by atomic mass is 32.1. The Labute approximate surface area is 139 Å². The number of carbonyl (C=O) groups is 1. The van der Waals surface area contributed by atoms with Gasteiger partial charge < -0.3 is 5.32 Å². The fourth-order valence-corrected chi connectivity index (χ4v) is 2.68. The van der Waals surface area contributed by atoms with Gasteiger partial charge in [-0.2, -0.15) is 0 Å². The number of thiocarbonyl (C=S) groups is 1. The predicted molar refractivity (Wildman–Crippen MR) is 93.4 cm³/mol. The highest BCUT2D eigenvalue weighted by Gasteiger charge is 2.09. The van der Waals surface area contributed by atoms with Crippen molar-refractivity contribution in [2.75, 3.05) is 6.54 Å². The lowest BCUT2D eigenvalue weighted by molar-refractivity contribution is -0.121. The molecule has 0 aliphatic carbocycles. The summed E-state index contributed by atoms with van der Waals surface area (Å²) in [6, 6.07) is 9.90. The molecule has 7 heteroatoms. The summed E-state index contributed by atoms with van der Waals surface area (Å²) < 4.78 is 0. The molecule has 1 aromatic heterocycles. The highest BCUT2D eigenvalue weighted by Crippen LogP contribution is 2.21. The lowest BCUT2D eigenvalue weighted by Crippen LogP contribution is -2.47. The smallest absolute Gasteiger partial charge is 0.245 e. The van der Waals surface area contributed by atoms with Crippen molar-refractivity contribution in [3.63, 3.8) is 0 Å². The first kappa shape index (κ1) is 16.4. The molecule has 116 valence electrons. The van der Waals surface area contributed by atoms with E-state index in [-0.39, 0.29) is 12.3 Å². The summed E-state index contributed by atoms with van der Waals surface area (Å²) in [4.78, 5) is 16.3. The van der Waals surface area contributed by atoms with Crippen molar-refractivity contribution in [2.24, 2.45) is 0 Å². The monoisotopic (exact) mass is 334 g/mol. The third-order valence-electron chi connectivity index (χ3n) is 2.78. The quantitative estimate of drug-likeness (QED) is 0.578. The zero-order valence-corrected chi connectivity index (χ0v) is 13.9. The largest absolute Gasteiger partial charge is 0.361 e. The van der Waals surface area contributed by atoms with Crippen molar-refractivity contribution in [3.05, 3.63) is 40.7 Å². The van der Waals surface area contributed by atoms with Crippen LogP contribution in [0.4, 0.5) is 0 Å². The molecule has 0 radical (unpaired) electrons. The number of nitrogens with one attached hydrogen (secondary N) is 3. The minimum atomic E-state index is -0.172. The molecule has 0 fully saturated rings. The summed E-state index contributed by atoms with van der Waals surface area (Å²) in [5, 5.41) is 6.11. The number of rotatable bonds is 5. The maximum absolute atomic E-state index is 11.8. The first-order valence-corrected chi connectivity index (χ1v) is 8.30. The molecule has 0 saturated heterocycles. The molecule has 5 nitrogen and oxygen atoms in total. The Kier molecular flexibility index (Phi) is 6.29. The van der Waals surface area contributed by atoms with Crippen LogP contribution in [-0.4, -0.2) is 22.5 Å². The van der Waals surface area contributed by atoms with Gasteiger partial charge in [-0.3, -0.25) is 15.6 Å². The van der Waals surface area contributed by atoms with Crippen molar-refractivity contribution in [1.29, 1.82) is 0 Å². The number of amides is 1. The number of hydrogen-bond acceptors (Lipinski definition) is 4. The Morgan fingerprint density at radius 3 is 2.77 bits per heavy atom. The second-order valence-corrected chi connectivity index (χ2v) is 5.95. The molecule has 1 amide bonds. The molecule has 0 unspecified atom stereocenters. The van der Waals surface area contributed by atoms with Crippen LogP contribution in [0, 0.1) is 0 Å². The first-order chi connectivity index (χ1) is 10.7. The van der Waals surface area contributed by atoms with Crippen molar-refractivity contribution in [3.8, 4) is 11.3 Å². The van der Waals surface area contributed by atoms with E-state index < -0.39 is 0 Å². The average molecular weight is 334 g/mol. The number of hydrogen-bond donors (Lipinski definition) is 3. The first-order valence-electron chi connectivity index (χ1n) is 7.01. The van der Waals surface area contributed by atoms with Crippen LogP contribution in [0.15, 0.2) is 35.7 Å². The third-order valence-corrected chi connectivity index (χ3v) is 3.88. The normalized spacial score (nSPS) is 10.0. The Bertz CT molecular complexity index is 627. The molecule has 0 spiro atoms. The molecule has 3 N–H and O–H groups in total. The van der Waals surface area contributed by atoms with Crippen molar-refractivity contribution < 1.29 is 4.79 Å². The van der Waals surface area contributed by atoms with Crippen LogP contribution in [0.25, 0.3) is 11.3 Å². The summed E-state index contributed by atoms with van der Waals surface area (Å²) in [6.45, 7) is 2.82. The van der Waals surface area contributed by atoms with Crippen LogP contribution in [0.1, 0.15) is 18.4 Å². The zero-order chi connectivity index (χ0) is 15.8. The minimum absolute atomic E-state index is 0.172. The van der Waals surface area contributed by atoms with Crippen molar-refractivity contribution >= 4 is 34.6 Å². The van der Waals surface area contributed by atoms with E-state index in [1.807, 2.05) is 42.6 Å². The van der Waals surface area contributed by atoms with Crippen LogP contribution < -0.4 is 16.2 Å². The molecule has 2 aromatic rings. The van der Waals surface area contributed by atoms with Gasteiger partial charge >= 0.3 is 0 Å². The van der Waals surface area contributed by atoms with Gasteiger partial charge in [-0.1, -0.05) is 37.3 Å². The second kappa shape index (κ2) is 8.45. The number of nitrogens with zero attached hydrogens (tertiary/aromatic N) is 1. The van der Waals surface area contributed by atoms with Gasteiger partial charge in [0.25, 0.3) is 0 Å². The van der Waals surface area contributed by atoms with Gasteiger partial charge in [0.15, 0.2) is 5.11 Å². The molecular weight excluding hydrogens is 316 g/mol. The van der Waals surface area contributed by atoms with E-state index in [0.29, 0.717) is 5.11 Å². The zero-order valence-electron chi connectivity index (χ0n) is 12.3. The topological polar surface area (TPSA) is 66.0 Å². The van der Waals surface area contributed by atoms with Crippen LogP contribution >= 0.6 is 23.6 Å². The molecule has 0 bridgehead atoms. The SMILES string of the molecule is CCCNC(=S)NNC(=O)Cc1nc(-c2ccccc2)cs1. The fraction of sp³-hybridized carbons (Fsp3) is 0.267. The number of thiazole rings is 1. The predicted octanol–water partition coefficient (Wildman–Crippen LogP) is 2.26. The maximum atomic E-state index is 11.8. The van der Waals surface area contributed by atoms with Crippen LogP contribution in [0.3, 0.4) is 0 Å². The number of hydrazine groups is 1. The van der Waals surface area contributed by atoms with E-state index in [1.165, 1.54) is 11.3 Å². The van der Waals surface area contributed by atoms with Gasteiger partial charge in [0.2, 0.25) is 5.91 Å². The van der Waals surface area contributed by atoms with Gasteiger partial charge in [-0.05, 0) is 18.6 Å². The number of carbonyl (C=O) groups excluding carboxylic acids is 1. The van der Waals surface area contributed by atoms with Gasteiger partial charge in [0, 0.05) is 17.5 Å². The average Bonchev–Trinajstić information content (AvgIpc) is 3.00. The van der Waals surface area contributed by atoms with E-state index in [1.54, 1.807) is 0 Å². The lowest BCUT2D eigenvalue weighted by Gasteiger charge is -2.10. The molecule has 0 aliphatic rings. The second-order valence-electron chi connectivity index (χ2n) is 4.60. The van der Waals surface area contributed by atoms with E-state index in [9.17, 15) is 4.79 Å². The molecule has 2 rings (SSSR count). The molecule has 1 aromatic carbocycles. The highest BCUT2D eigenvalue weighted by molar-refractivity contribution is 7.80. The van der Waals surface area contributed by atoms with Crippen LogP contribution in [0.5, 0.6) is 0 Å². The van der Waals surface area contributed by atoms with E-state index in [4.69, 9.17) is 12.2 Å². The van der Waals surface area contributed by atoms with Crippen LogP contribution in [-0.2, 0) is 11.2 Å². The third kappa shape index (κ3) is 5.09. The minimum Gasteiger partial charge on any atom is -0.361 e. The van der Waals surface area contributed by atoms with Crippen LogP contribution in [0.2, 0.25) is 0 Å². The molecular formula is C15H18N4OS2. The van der Waals surface area contributed by atoms with Crippen molar-refractivity contribution in [1.82, 2.24) is 21.2 Å². The Hall–Kier alpha value is -1.99. The van der Waals surface area contributed by atoms with Crippen molar-refractivity contribution in [2.45, 2.75) is 19.8 Å². The molecule has 22 heavy (non-hydrogen) atoms. The van der Waals surface area contributed by atoms with Gasteiger partial charge in [-0.25, -0.2) is 4.98 Å². The Morgan fingerprint density at radius 1 is 1.27 bits per heavy atom. The summed E-state index contributed by atoms with van der Waals surface area (Å²) in [5.41, 5.74) is 7.18. The Balaban J connectivity index is 1.83. The van der Waals surface area contributed by atoms with E-state index in [0.717, 1.165) is 29.2 Å². The van der Waals surface area contributed by atoms with Gasteiger partial charge in [-0.15, -0.1) is 11.3 Å². The molecule has 0 atom stereocenters. The summed E-state index contributed by atoms with van der Waals surface area (Å²) in [5.74, 6) is -0.172. The standard InChI is InChI=1S/C15H18N4OS2/c1-2-8-16-15(21)19-18-13(20)9-14-17-12(10-22-14)11-6-4-3-5-7-11/h3-7,10H,2,8-9H2,1H3,(H,18,20)(H2,16,19,21). The summed E-state index contributed by atoms with van der Waals surface area (Å²) in [7, 11) is 0. The Morgan fingerprint density at radius 2 is 2.05 bits per heavy atom. The fourth-order valence-electron chi connectivity index (χ4n) is 1.72. The van der Waals surface area contributed by atoms with E-state index >= 15 is 0 Å². The number of aromatic nitrogens is 1. The summed E-state index contributed by atoms with van der Waals surface area (Å²) >= 11 is 6.49. The maximum Gasteiger partial charge on any atom is 0.245 e. The summed E-state index contributed by atoms with van der Waals surface area (Å²) in [6.07, 6.45) is 1.19. The van der Waals surface area contributed by atoms with E-state index in [2.05, 4.69) is 21.2 Å².